The lowest BCUT2D eigenvalue weighted by Gasteiger charge is -2.37. The van der Waals surface area contributed by atoms with E-state index in [4.69, 9.17) is 0 Å². The highest BCUT2D eigenvalue weighted by molar-refractivity contribution is 8.33. The van der Waals surface area contributed by atoms with Gasteiger partial charge in [0, 0.05) is 37.5 Å². The molecule has 2 saturated heterocycles. The smallest absolute Gasteiger partial charge is 0.439 e. The number of carbonyl (C=O) groups is 2. The molecule has 0 N–H and O–H groups in total. The number of benzene rings is 1. The molecule has 47 heavy (non-hydrogen) atoms. The van der Waals surface area contributed by atoms with Crippen molar-refractivity contribution in [2.24, 2.45) is 5.92 Å². The number of alkyl halides is 9. The molecular formula is C26H33F9N2O7S3. The molecule has 2 aliphatic rings. The SMILES string of the molecule is Cc1ccccc1C(=O)CS1(C)CCC(COS(=O)(=O)C(F)(F)C(F)(F)C(F)(F)S(=O)N2CCN(CC(=O)OCC(F)(F)F)CC2)C1. The quantitative estimate of drug-likeness (QED) is 0.121. The summed E-state index contributed by atoms with van der Waals surface area (Å²) < 4.78 is 170. The maximum absolute atomic E-state index is 14.7. The first-order chi connectivity index (χ1) is 21.4. The van der Waals surface area contributed by atoms with Gasteiger partial charge in [-0.3, -0.25) is 18.7 Å². The normalized spacial score (nSPS) is 24.4. The minimum absolute atomic E-state index is 0.101. The van der Waals surface area contributed by atoms with Gasteiger partial charge in [0.15, 0.2) is 23.4 Å². The zero-order valence-corrected chi connectivity index (χ0v) is 27.5. The first-order valence-corrected chi connectivity index (χ1v) is 18.9. The number of piperazine rings is 1. The van der Waals surface area contributed by atoms with Crippen molar-refractivity contribution in [3.63, 3.8) is 0 Å². The molecular weight excluding hydrogens is 719 g/mol. The number of rotatable bonds is 14. The minimum Gasteiger partial charge on any atom is -0.455 e. The Bertz CT molecular complexity index is 1440. The van der Waals surface area contributed by atoms with Gasteiger partial charge in [-0.25, -0.2) is 18.5 Å². The summed E-state index contributed by atoms with van der Waals surface area (Å²) in [6.07, 6.45) is -2.82. The molecule has 0 amide bonds. The van der Waals surface area contributed by atoms with Gasteiger partial charge in [-0.05, 0) is 42.6 Å². The predicted octanol–water partition coefficient (Wildman–Crippen LogP) is 4.19. The fraction of sp³-hybridized carbons (Fsp3) is 0.692. The average Bonchev–Trinajstić information content (AvgIpc) is 3.34. The summed E-state index contributed by atoms with van der Waals surface area (Å²) in [4.78, 5) is 25.4. The second-order valence-electron chi connectivity index (χ2n) is 11.5. The number of halogens is 9. The van der Waals surface area contributed by atoms with Crippen molar-refractivity contribution < 1.29 is 70.6 Å². The number of carbonyl (C=O) groups excluding carboxylic acids is 2. The van der Waals surface area contributed by atoms with Crippen LogP contribution in [0.15, 0.2) is 24.3 Å². The summed E-state index contributed by atoms with van der Waals surface area (Å²) in [6, 6.07) is 6.80. The summed E-state index contributed by atoms with van der Waals surface area (Å²) in [6.45, 7) is -4.47. The number of nitrogens with zero attached hydrogens (tertiary/aromatic N) is 2. The van der Waals surface area contributed by atoms with Crippen LogP contribution in [0.5, 0.6) is 0 Å². The van der Waals surface area contributed by atoms with E-state index in [2.05, 4.69) is 8.92 Å². The average molecular weight is 753 g/mol. The fourth-order valence-corrected chi connectivity index (χ4v) is 10.7. The molecule has 3 unspecified atom stereocenters. The predicted molar refractivity (Wildman–Crippen MR) is 155 cm³/mol. The number of hydrogen-bond donors (Lipinski definition) is 0. The first kappa shape index (κ1) is 39.5. The van der Waals surface area contributed by atoms with Gasteiger partial charge in [0.05, 0.1) is 13.2 Å². The molecule has 0 aliphatic carbocycles. The number of ketones is 1. The molecule has 0 aromatic heterocycles. The van der Waals surface area contributed by atoms with E-state index in [1.807, 2.05) is 0 Å². The van der Waals surface area contributed by atoms with Crippen LogP contribution in [-0.4, -0.2) is 126 Å². The summed E-state index contributed by atoms with van der Waals surface area (Å²) in [5.41, 5.74) is 1.22. The zero-order chi connectivity index (χ0) is 35.6. The van der Waals surface area contributed by atoms with E-state index in [-0.39, 0.29) is 28.0 Å². The Morgan fingerprint density at radius 3 is 2.17 bits per heavy atom. The lowest BCUT2D eigenvalue weighted by Crippen LogP contribution is -2.63. The van der Waals surface area contributed by atoms with E-state index in [9.17, 15) is 61.7 Å². The molecule has 21 heteroatoms. The van der Waals surface area contributed by atoms with Crippen molar-refractivity contribution in [1.29, 1.82) is 0 Å². The van der Waals surface area contributed by atoms with E-state index in [0.717, 1.165) is 10.5 Å². The van der Waals surface area contributed by atoms with Gasteiger partial charge < -0.3 is 4.74 Å². The Balaban J connectivity index is 1.59. The third-order valence-electron chi connectivity index (χ3n) is 7.62. The maximum atomic E-state index is 14.7. The van der Waals surface area contributed by atoms with Gasteiger partial charge in [-0.15, -0.1) is 0 Å². The van der Waals surface area contributed by atoms with Crippen molar-refractivity contribution in [3.8, 4) is 0 Å². The Hall–Kier alpha value is -1.94. The van der Waals surface area contributed by atoms with Crippen molar-refractivity contribution >= 4 is 42.9 Å². The van der Waals surface area contributed by atoms with Crippen molar-refractivity contribution in [2.75, 3.05) is 69.5 Å². The summed E-state index contributed by atoms with van der Waals surface area (Å²) in [5.74, 6) is -8.31. The number of Topliss-reactive ketones (excluding diaryl/α,β-unsaturated/α-hetero) is 1. The summed E-state index contributed by atoms with van der Waals surface area (Å²) >= 11 is 0. The number of hydrogen-bond acceptors (Lipinski definition) is 8. The van der Waals surface area contributed by atoms with Crippen molar-refractivity contribution in [3.05, 3.63) is 35.4 Å². The van der Waals surface area contributed by atoms with Crippen LogP contribution >= 0.6 is 10.0 Å². The van der Waals surface area contributed by atoms with E-state index in [1.54, 1.807) is 37.4 Å². The Kier molecular flexibility index (Phi) is 12.2. The highest BCUT2D eigenvalue weighted by atomic mass is 32.3. The molecule has 3 rings (SSSR count). The molecule has 1 aromatic carbocycles. The van der Waals surface area contributed by atoms with Gasteiger partial charge in [0.25, 0.3) is 0 Å². The van der Waals surface area contributed by atoms with Gasteiger partial charge in [-0.2, -0.15) is 47.9 Å². The van der Waals surface area contributed by atoms with E-state index >= 15 is 0 Å². The Morgan fingerprint density at radius 2 is 1.60 bits per heavy atom. The Labute approximate surface area is 269 Å². The van der Waals surface area contributed by atoms with Crippen LogP contribution in [0.25, 0.3) is 0 Å². The number of ether oxygens (including phenoxy) is 1. The first-order valence-electron chi connectivity index (χ1n) is 13.9. The number of aryl methyl sites for hydroxylation is 1. The van der Waals surface area contributed by atoms with Crippen molar-refractivity contribution in [2.45, 2.75) is 36.0 Å². The van der Waals surface area contributed by atoms with Gasteiger partial charge >= 0.3 is 38.7 Å². The van der Waals surface area contributed by atoms with Crippen molar-refractivity contribution in [1.82, 2.24) is 9.21 Å². The monoisotopic (exact) mass is 752 g/mol. The van der Waals surface area contributed by atoms with Crippen LogP contribution < -0.4 is 0 Å². The minimum atomic E-state index is -6.72. The molecule has 0 radical (unpaired) electrons. The van der Waals surface area contributed by atoms with E-state index in [0.29, 0.717) is 11.3 Å². The topological polar surface area (TPSA) is 110 Å². The standard InChI is InChI=1S/C26H33F9N2O7S3/c1-18-5-3-4-6-20(18)21(38)16-46(2)12-7-19(15-46)14-44-47(41,42)26(34,35)24(30,31)25(32,33)45(40)37-10-8-36(9-11-37)13-22(39)43-17-23(27,28)29/h3-6,19H,7-17H2,1-2H3. The molecule has 3 atom stereocenters. The second kappa shape index (κ2) is 14.5. The van der Waals surface area contributed by atoms with Crippen LogP contribution in [-0.2, 0) is 34.8 Å². The lowest BCUT2D eigenvalue weighted by atomic mass is 10.1. The Morgan fingerprint density at radius 1 is 1.00 bits per heavy atom. The molecule has 0 saturated carbocycles. The van der Waals surface area contributed by atoms with Gasteiger partial charge in [-0.1, -0.05) is 24.3 Å². The third-order valence-corrected chi connectivity index (χ3v) is 13.9. The van der Waals surface area contributed by atoms with Crippen LogP contribution in [0.4, 0.5) is 39.5 Å². The van der Waals surface area contributed by atoms with Gasteiger partial charge in [0.2, 0.25) is 0 Å². The maximum Gasteiger partial charge on any atom is 0.439 e. The molecule has 0 bridgehead atoms. The van der Waals surface area contributed by atoms with Gasteiger partial charge in [0.1, 0.15) is 0 Å². The second-order valence-corrected chi connectivity index (χ2v) is 18.6. The largest absolute Gasteiger partial charge is 0.455 e. The fourth-order valence-electron chi connectivity index (χ4n) is 5.03. The molecule has 2 fully saturated rings. The zero-order valence-electron chi connectivity index (χ0n) is 25.0. The number of esters is 1. The molecule has 2 aliphatic heterocycles. The van der Waals surface area contributed by atoms with Crippen LogP contribution in [0.1, 0.15) is 22.3 Å². The molecule has 0 spiro atoms. The molecule has 1 aromatic rings. The van der Waals surface area contributed by atoms with E-state index < -0.39 is 112 Å². The lowest BCUT2D eigenvalue weighted by molar-refractivity contribution is -0.245. The highest BCUT2D eigenvalue weighted by Gasteiger charge is 2.81. The van der Waals surface area contributed by atoms with Crippen LogP contribution in [0, 0.1) is 12.8 Å². The third kappa shape index (κ3) is 9.20. The highest BCUT2D eigenvalue weighted by Crippen LogP contribution is 2.54. The van der Waals surface area contributed by atoms with Crippen LogP contribution in [0.2, 0.25) is 0 Å². The summed E-state index contributed by atoms with van der Waals surface area (Å²) in [5, 5.41) is -12.7. The molecule has 270 valence electrons. The van der Waals surface area contributed by atoms with E-state index in [1.165, 1.54) is 0 Å². The molecule has 2 heterocycles. The summed E-state index contributed by atoms with van der Waals surface area (Å²) in [7, 11) is -12.6. The molecule has 9 nitrogen and oxygen atoms in total. The van der Waals surface area contributed by atoms with Crippen LogP contribution in [0.3, 0.4) is 0 Å².